The molecule has 2 rings (SSSR count). The standard InChI is InChI=1S/C13H26N2/c1-11(2)15-8-3-4-13(7-9-15)14-10-12-5-6-12/h11-14H,3-10H2,1-2H3. The van der Waals surface area contributed by atoms with Crippen molar-refractivity contribution in [1.29, 1.82) is 0 Å². The van der Waals surface area contributed by atoms with E-state index in [2.05, 4.69) is 24.1 Å². The highest BCUT2D eigenvalue weighted by Crippen LogP contribution is 2.28. The summed E-state index contributed by atoms with van der Waals surface area (Å²) in [5, 5.41) is 3.76. The second kappa shape index (κ2) is 5.31. The van der Waals surface area contributed by atoms with Crippen LogP contribution in [0.25, 0.3) is 0 Å². The minimum Gasteiger partial charge on any atom is -0.314 e. The minimum atomic E-state index is 0.729. The molecular formula is C13H26N2. The van der Waals surface area contributed by atoms with E-state index in [9.17, 15) is 0 Å². The Balaban J connectivity index is 1.68. The fourth-order valence-corrected chi connectivity index (χ4v) is 2.49. The van der Waals surface area contributed by atoms with E-state index in [1.54, 1.807) is 0 Å². The van der Waals surface area contributed by atoms with Gasteiger partial charge in [-0.1, -0.05) is 0 Å². The Hall–Kier alpha value is -0.0800. The minimum absolute atomic E-state index is 0.729. The Morgan fingerprint density at radius 2 is 1.93 bits per heavy atom. The van der Waals surface area contributed by atoms with Crippen LogP contribution in [0, 0.1) is 5.92 Å². The van der Waals surface area contributed by atoms with Gasteiger partial charge in [0, 0.05) is 12.1 Å². The van der Waals surface area contributed by atoms with Gasteiger partial charge in [0.25, 0.3) is 0 Å². The van der Waals surface area contributed by atoms with Gasteiger partial charge in [-0.15, -0.1) is 0 Å². The van der Waals surface area contributed by atoms with Crippen molar-refractivity contribution in [3.63, 3.8) is 0 Å². The van der Waals surface area contributed by atoms with Gasteiger partial charge in [-0.25, -0.2) is 0 Å². The Bertz CT molecular complexity index is 187. The van der Waals surface area contributed by atoms with Crippen molar-refractivity contribution < 1.29 is 0 Å². The van der Waals surface area contributed by atoms with Crippen LogP contribution in [0.2, 0.25) is 0 Å². The smallest absolute Gasteiger partial charge is 0.00798 e. The van der Waals surface area contributed by atoms with Gasteiger partial charge in [-0.05, 0) is 71.5 Å². The quantitative estimate of drug-likeness (QED) is 0.765. The molecule has 1 N–H and O–H groups in total. The summed E-state index contributed by atoms with van der Waals surface area (Å²) in [6, 6.07) is 1.53. The highest BCUT2D eigenvalue weighted by molar-refractivity contribution is 4.81. The molecule has 1 unspecified atom stereocenters. The first-order chi connectivity index (χ1) is 7.25. The second-order valence-electron chi connectivity index (χ2n) is 5.61. The van der Waals surface area contributed by atoms with E-state index in [4.69, 9.17) is 0 Å². The van der Waals surface area contributed by atoms with Crippen LogP contribution < -0.4 is 5.32 Å². The van der Waals surface area contributed by atoms with Crippen molar-refractivity contribution in [2.75, 3.05) is 19.6 Å². The Kier molecular flexibility index (Phi) is 4.04. The van der Waals surface area contributed by atoms with E-state index in [0.29, 0.717) is 0 Å². The zero-order chi connectivity index (χ0) is 10.7. The molecule has 1 aliphatic carbocycles. The van der Waals surface area contributed by atoms with E-state index >= 15 is 0 Å². The lowest BCUT2D eigenvalue weighted by Gasteiger charge is -2.24. The van der Waals surface area contributed by atoms with Gasteiger partial charge >= 0.3 is 0 Å². The first-order valence-corrected chi connectivity index (χ1v) is 6.73. The van der Waals surface area contributed by atoms with Crippen LogP contribution in [0.3, 0.4) is 0 Å². The molecule has 0 aromatic carbocycles. The molecule has 0 radical (unpaired) electrons. The molecule has 0 aromatic heterocycles. The summed E-state index contributed by atoms with van der Waals surface area (Å²) >= 11 is 0. The topological polar surface area (TPSA) is 15.3 Å². The van der Waals surface area contributed by atoms with Crippen LogP contribution in [0.1, 0.15) is 46.0 Å². The molecule has 15 heavy (non-hydrogen) atoms. The Morgan fingerprint density at radius 3 is 2.60 bits per heavy atom. The molecule has 1 aliphatic heterocycles. The molecular weight excluding hydrogens is 184 g/mol. The predicted octanol–water partition coefficient (Wildman–Crippen LogP) is 2.25. The van der Waals surface area contributed by atoms with E-state index < -0.39 is 0 Å². The number of likely N-dealkylation sites (tertiary alicyclic amines) is 1. The molecule has 2 heteroatoms. The molecule has 88 valence electrons. The molecule has 0 spiro atoms. The summed E-state index contributed by atoms with van der Waals surface area (Å²) in [4.78, 5) is 2.62. The fraction of sp³-hybridized carbons (Fsp3) is 1.00. The maximum Gasteiger partial charge on any atom is 0.00798 e. The summed E-state index contributed by atoms with van der Waals surface area (Å²) in [7, 11) is 0. The number of nitrogens with one attached hydrogen (secondary N) is 1. The first-order valence-electron chi connectivity index (χ1n) is 6.73. The number of rotatable bonds is 4. The van der Waals surface area contributed by atoms with Gasteiger partial charge in [-0.2, -0.15) is 0 Å². The maximum absolute atomic E-state index is 3.76. The van der Waals surface area contributed by atoms with Crippen molar-refractivity contribution in [3.8, 4) is 0 Å². The first kappa shape index (κ1) is 11.4. The third-order valence-corrected chi connectivity index (χ3v) is 3.89. The summed E-state index contributed by atoms with van der Waals surface area (Å²) in [5.41, 5.74) is 0. The third-order valence-electron chi connectivity index (χ3n) is 3.89. The van der Waals surface area contributed by atoms with Gasteiger partial charge in [-0.3, -0.25) is 0 Å². The highest BCUT2D eigenvalue weighted by Gasteiger charge is 2.23. The summed E-state index contributed by atoms with van der Waals surface area (Å²) in [5.74, 6) is 1.02. The van der Waals surface area contributed by atoms with Crippen molar-refractivity contribution >= 4 is 0 Å². The van der Waals surface area contributed by atoms with E-state index in [-0.39, 0.29) is 0 Å². The van der Waals surface area contributed by atoms with Gasteiger partial charge in [0.05, 0.1) is 0 Å². The molecule has 1 saturated carbocycles. The van der Waals surface area contributed by atoms with Gasteiger partial charge in [0.15, 0.2) is 0 Å². The lowest BCUT2D eigenvalue weighted by molar-refractivity contribution is 0.229. The number of hydrogen-bond acceptors (Lipinski definition) is 2. The Morgan fingerprint density at radius 1 is 1.13 bits per heavy atom. The summed E-state index contributed by atoms with van der Waals surface area (Å²) in [6.07, 6.45) is 7.05. The lowest BCUT2D eigenvalue weighted by atomic mass is 10.1. The molecule has 2 fully saturated rings. The average Bonchev–Trinajstić information content (AvgIpc) is 3.02. The molecule has 0 amide bonds. The maximum atomic E-state index is 3.76. The van der Waals surface area contributed by atoms with Crippen molar-refractivity contribution in [2.24, 2.45) is 5.92 Å². The molecule has 2 nitrogen and oxygen atoms in total. The molecule has 2 aliphatic rings. The molecule has 0 aromatic rings. The molecule has 1 saturated heterocycles. The number of nitrogens with zero attached hydrogens (tertiary/aromatic N) is 1. The fourth-order valence-electron chi connectivity index (χ4n) is 2.49. The van der Waals surface area contributed by atoms with Crippen molar-refractivity contribution in [1.82, 2.24) is 10.2 Å². The zero-order valence-electron chi connectivity index (χ0n) is 10.3. The lowest BCUT2D eigenvalue weighted by Crippen LogP contribution is -2.34. The van der Waals surface area contributed by atoms with Crippen LogP contribution in [0.4, 0.5) is 0 Å². The third kappa shape index (κ3) is 3.76. The van der Waals surface area contributed by atoms with E-state index in [1.165, 1.54) is 51.7 Å². The zero-order valence-corrected chi connectivity index (χ0v) is 10.3. The van der Waals surface area contributed by atoms with Crippen LogP contribution in [0.15, 0.2) is 0 Å². The van der Waals surface area contributed by atoms with Crippen LogP contribution in [-0.4, -0.2) is 36.6 Å². The highest BCUT2D eigenvalue weighted by atomic mass is 15.1. The van der Waals surface area contributed by atoms with Gasteiger partial charge in [0.2, 0.25) is 0 Å². The number of hydrogen-bond donors (Lipinski definition) is 1. The van der Waals surface area contributed by atoms with E-state index in [0.717, 1.165) is 18.0 Å². The van der Waals surface area contributed by atoms with Crippen LogP contribution >= 0.6 is 0 Å². The normalized spacial score (nSPS) is 29.4. The second-order valence-corrected chi connectivity index (χ2v) is 5.61. The van der Waals surface area contributed by atoms with Gasteiger partial charge in [0.1, 0.15) is 0 Å². The van der Waals surface area contributed by atoms with E-state index in [1.807, 2.05) is 0 Å². The van der Waals surface area contributed by atoms with Crippen LogP contribution in [-0.2, 0) is 0 Å². The summed E-state index contributed by atoms with van der Waals surface area (Å²) in [6.45, 7) is 8.52. The monoisotopic (exact) mass is 210 g/mol. The predicted molar refractivity (Wildman–Crippen MR) is 65.1 cm³/mol. The SMILES string of the molecule is CC(C)N1CCCC(NCC2CC2)CC1. The Labute approximate surface area is 94.4 Å². The molecule has 0 bridgehead atoms. The van der Waals surface area contributed by atoms with Gasteiger partial charge < -0.3 is 10.2 Å². The molecule has 1 heterocycles. The average molecular weight is 210 g/mol. The van der Waals surface area contributed by atoms with Crippen LogP contribution in [0.5, 0.6) is 0 Å². The van der Waals surface area contributed by atoms with Crippen molar-refractivity contribution in [3.05, 3.63) is 0 Å². The largest absolute Gasteiger partial charge is 0.314 e. The molecule has 1 atom stereocenters. The summed E-state index contributed by atoms with van der Waals surface area (Å²) < 4.78 is 0. The van der Waals surface area contributed by atoms with Crippen molar-refractivity contribution in [2.45, 2.75) is 58.0 Å².